The molecule has 1 aliphatic heterocycles. The number of carbonyl (C=O) groups is 1. The van der Waals surface area contributed by atoms with Gasteiger partial charge in [-0.15, -0.1) is 0 Å². The van der Waals surface area contributed by atoms with Gasteiger partial charge in [0.15, 0.2) is 11.5 Å². The summed E-state index contributed by atoms with van der Waals surface area (Å²) in [6.45, 7) is 6.87. The van der Waals surface area contributed by atoms with Crippen LogP contribution < -0.4 is 24.8 Å². The Morgan fingerprint density at radius 2 is 2.10 bits per heavy atom. The fourth-order valence-corrected chi connectivity index (χ4v) is 2.07. The molecule has 6 nitrogen and oxygen atoms in total. The zero-order chi connectivity index (χ0) is 15.5. The molecule has 0 atom stereocenters. The SMILES string of the molecule is COc1cc(CNCC(=O)NC(C)(C)C)cc2c1OCO2. The highest BCUT2D eigenvalue weighted by atomic mass is 16.7. The second kappa shape index (κ2) is 6.22. The minimum Gasteiger partial charge on any atom is -0.493 e. The predicted octanol–water partition coefficient (Wildman–Crippen LogP) is 1.43. The smallest absolute Gasteiger partial charge is 0.234 e. The van der Waals surface area contributed by atoms with Gasteiger partial charge in [-0.25, -0.2) is 0 Å². The molecule has 1 aromatic rings. The van der Waals surface area contributed by atoms with Crippen LogP contribution in [0.2, 0.25) is 0 Å². The minimum absolute atomic E-state index is 0.0322. The molecule has 21 heavy (non-hydrogen) atoms. The van der Waals surface area contributed by atoms with Crippen molar-refractivity contribution in [2.45, 2.75) is 32.9 Å². The van der Waals surface area contributed by atoms with Crippen molar-refractivity contribution >= 4 is 5.91 Å². The summed E-state index contributed by atoms with van der Waals surface area (Å²) in [6.07, 6.45) is 0. The van der Waals surface area contributed by atoms with Gasteiger partial charge in [0.25, 0.3) is 0 Å². The molecule has 0 aliphatic carbocycles. The maximum atomic E-state index is 11.7. The average molecular weight is 294 g/mol. The Bertz CT molecular complexity index is 523. The third-order valence-corrected chi connectivity index (χ3v) is 2.85. The van der Waals surface area contributed by atoms with Gasteiger partial charge >= 0.3 is 0 Å². The lowest BCUT2D eigenvalue weighted by Crippen LogP contribution is -2.44. The van der Waals surface area contributed by atoms with E-state index in [1.807, 2.05) is 32.9 Å². The van der Waals surface area contributed by atoms with Gasteiger partial charge in [0.2, 0.25) is 18.4 Å². The van der Waals surface area contributed by atoms with Crippen molar-refractivity contribution in [2.75, 3.05) is 20.4 Å². The summed E-state index contributed by atoms with van der Waals surface area (Å²) < 4.78 is 16.0. The molecule has 0 fully saturated rings. The second-order valence-corrected chi connectivity index (χ2v) is 5.93. The highest BCUT2D eigenvalue weighted by molar-refractivity contribution is 5.78. The molecule has 0 saturated heterocycles. The van der Waals surface area contributed by atoms with Crippen LogP contribution in [0, 0.1) is 0 Å². The number of amides is 1. The van der Waals surface area contributed by atoms with Gasteiger partial charge in [0.1, 0.15) is 0 Å². The van der Waals surface area contributed by atoms with Gasteiger partial charge in [-0.2, -0.15) is 0 Å². The van der Waals surface area contributed by atoms with Gasteiger partial charge in [0.05, 0.1) is 13.7 Å². The van der Waals surface area contributed by atoms with Crippen LogP contribution in [-0.2, 0) is 11.3 Å². The zero-order valence-electron chi connectivity index (χ0n) is 12.9. The molecule has 2 rings (SSSR count). The lowest BCUT2D eigenvalue weighted by Gasteiger charge is -2.20. The lowest BCUT2D eigenvalue weighted by atomic mass is 10.1. The van der Waals surface area contributed by atoms with Crippen LogP contribution >= 0.6 is 0 Å². The zero-order valence-corrected chi connectivity index (χ0v) is 12.9. The van der Waals surface area contributed by atoms with E-state index in [0.29, 0.717) is 23.8 Å². The summed E-state index contributed by atoms with van der Waals surface area (Å²) in [5.74, 6) is 1.91. The van der Waals surface area contributed by atoms with Gasteiger partial charge in [0, 0.05) is 12.1 Å². The molecule has 0 radical (unpaired) electrons. The average Bonchev–Trinajstić information content (AvgIpc) is 2.83. The summed E-state index contributed by atoms with van der Waals surface area (Å²) in [5.41, 5.74) is 0.750. The van der Waals surface area contributed by atoms with E-state index >= 15 is 0 Å². The maximum Gasteiger partial charge on any atom is 0.234 e. The monoisotopic (exact) mass is 294 g/mol. The number of carbonyl (C=O) groups excluding carboxylic acids is 1. The van der Waals surface area contributed by atoms with E-state index in [2.05, 4.69) is 10.6 Å². The number of rotatable bonds is 5. The van der Waals surface area contributed by atoms with E-state index in [0.717, 1.165) is 5.56 Å². The molecule has 0 bridgehead atoms. The number of hydrogen-bond acceptors (Lipinski definition) is 5. The molecular formula is C15H22N2O4. The van der Waals surface area contributed by atoms with E-state index in [4.69, 9.17) is 14.2 Å². The third-order valence-electron chi connectivity index (χ3n) is 2.85. The molecule has 0 unspecified atom stereocenters. The highest BCUT2D eigenvalue weighted by Gasteiger charge is 2.20. The van der Waals surface area contributed by atoms with Crippen molar-refractivity contribution in [3.63, 3.8) is 0 Å². The molecule has 116 valence electrons. The molecule has 1 heterocycles. The van der Waals surface area contributed by atoms with E-state index in [-0.39, 0.29) is 24.8 Å². The van der Waals surface area contributed by atoms with E-state index in [1.165, 1.54) is 0 Å². The van der Waals surface area contributed by atoms with Gasteiger partial charge in [-0.05, 0) is 38.5 Å². The van der Waals surface area contributed by atoms with Gasteiger partial charge in [-0.1, -0.05) is 0 Å². The number of hydrogen-bond donors (Lipinski definition) is 2. The first-order valence-electron chi connectivity index (χ1n) is 6.87. The quantitative estimate of drug-likeness (QED) is 0.860. The summed E-state index contributed by atoms with van der Waals surface area (Å²) in [6, 6.07) is 3.77. The topological polar surface area (TPSA) is 68.8 Å². The first-order valence-corrected chi connectivity index (χ1v) is 6.87. The van der Waals surface area contributed by atoms with E-state index in [1.54, 1.807) is 7.11 Å². The van der Waals surface area contributed by atoms with E-state index in [9.17, 15) is 4.79 Å². The van der Waals surface area contributed by atoms with Gasteiger partial charge < -0.3 is 24.8 Å². The molecule has 0 spiro atoms. The van der Waals surface area contributed by atoms with Gasteiger partial charge in [-0.3, -0.25) is 4.79 Å². The first-order chi connectivity index (χ1) is 9.89. The molecular weight excluding hydrogens is 272 g/mol. The van der Waals surface area contributed by atoms with Crippen LogP contribution in [0.25, 0.3) is 0 Å². The Balaban J connectivity index is 1.91. The maximum absolute atomic E-state index is 11.7. The van der Waals surface area contributed by atoms with Crippen molar-refractivity contribution in [1.82, 2.24) is 10.6 Å². The first kappa shape index (κ1) is 15.4. The molecule has 6 heteroatoms. The number of fused-ring (bicyclic) bond motifs is 1. The number of benzene rings is 1. The second-order valence-electron chi connectivity index (χ2n) is 5.93. The summed E-state index contributed by atoms with van der Waals surface area (Å²) >= 11 is 0. The standard InChI is InChI=1S/C15H22N2O4/c1-15(2,3)17-13(18)8-16-7-10-5-11(19-4)14-12(6-10)20-9-21-14/h5-6,16H,7-9H2,1-4H3,(H,17,18). The Morgan fingerprint density at radius 3 is 2.76 bits per heavy atom. The Hall–Kier alpha value is -1.95. The summed E-state index contributed by atoms with van der Waals surface area (Å²) in [4.78, 5) is 11.7. The number of methoxy groups -OCH3 is 1. The molecule has 0 aromatic heterocycles. The normalized spacial score (nSPS) is 13.1. The predicted molar refractivity (Wildman–Crippen MR) is 78.7 cm³/mol. The van der Waals surface area contributed by atoms with Crippen LogP contribution in [0.1, 0.15) is 26.3 Å². The van der Waals surface area contributed by atoms with Crippen molar-refractivity contribution < 1.29 is 19.0 Å². The summed E-state index contributed by atoms with van der Waals surface area (Å²) in [5, 5.41) is 6.00. The van der Waals surface area contributed by atoms with Crippen molar-refractivity contribution in [2.24, 2.45) is 0 Å². The Morgan fingerprint density at radius 1 is 1.33 bits per heavy atom. The molecule has 2 N–H and O–H groups in total. The van der Waals surface area contributed by atoms with Crippen molar-refractivity contribution in [1.29, 1.82) is 0 Å². The van der Waals surface area contributed by atoms with Crippen molar-refractivity contribution in [3.8, 4) is 17.2 Å². The van der Waals surface area contributed by atoms with Crippen LogP contribution in [-0.4, -0.2) is 31.9 Å². The minimum atomic E-state index is -0.221. The largest absolute Gasteiger partial charge is 0.493 e. The number of nitrogens with one attached hydrogen (secondary N) is 2. The highest BCUT2D eigenvalue weighted by Crippen LogP contribution is 2.41. The summed E-state index contributed by atoms with van der Waals surface area (Å²) in [7, 11) is 1.59. The fourth-order valence-electron chi connectivity index (χ4n) is 2.07. The molecule has 1 aromatic carbocycles. The van der Waals surface area contributed by atoms with Crippen molar-refractivity contribution in [3.05, 3.63) is 17.7 Å². The molecule has 1 amide bonds. The van der Waals surface area contributed by atoms with E-state index < -0.39 is 0 Å². The molecule has 1 aliphatic rings. The lowest BCUT2D eigenvalue weighted by molar-refractivity contribution is -0.121. The van der Waals surface area contributed by atoms with Crippen LogP contribution in [0.3, 0.4) is 0 Å². The molecule has 0 saturated carbocycles. The van der Waals surface area contributed by atoms with Crippen LogP contribution in [0.15, 0.2) is 12.1 Å². The Labute approximate surface area is 124 Å². The number of ether oxygens (including phenoxy) is 3. The Kier molecular flexibility index (Phi) is 4.57. The van der Waals surface area contributed by atoms with Crippen LogP contribution in [0.4, 0.5) is 0 Å². The third kappa shape index (κ3) is 4.26. The van der Waals surface area contributed by atoms with Crippen LogP contribution in [0.5, 0.6) is 17.2 Å². The fraction of sp³-hybridized carbons (Fsp3) is 0.533.